The molecule has 0 radical (unpaired) electrons. The molecule has 0 unspecified atom stereocenters. The first-order valence-corrected chi connectivity index (χ1v) is 6.89. The largest absolute Gasteiger partial charge is 0.0888 e. The lowest BCUT2D eigenvalue weighted by molar-refractivity contribution is 0.772. The highest BCUT2D eigenvalue weighted by molar-refractivity contribution is 4.77. The summed E-state index contributed by atoms with van der Waals surface area (Å²) in [7, 11) is 0. The van der Waals surface area contributed by atoms with Crippen LogP contribution in [0.5, 0.6) is 0 Å². The minimum atomic E-state index is 1.17. The van der Waals surface area contributed by atoms with E-state index in [2.05, 4.69) is 53.7 Å². The fourth-order valence-corrected chi connectivity index (χ4v) is 0.687. The van der Waals surface area contributed by atoms with Crippen LogP contribution >= 0.6 is 0 Å². The monoisotopic (exact) mass is 214 g/mol. The van der Waals surface area contributed by atoms with Crippen LogP contribution in [0.25, 0.3) is 0 Å². The Labute approximate surface area is 99.2 Å². The van der Waals surface area contributed by atoms with Crippen LogP contribution in [0.2, 0.25) is 0 Å². The average molecular weight is 214 g/mol. The topological polar surface area (TPSA) is 0 Å². The first-order valence-electron chi connectivity index (χ1n) is 6.89. The van der Waals surface area contributed by atoms with Crippen molar-refractivity contribution in [2.45, 2.75) is 86.5 Å². The van der Waals surface area contributed by atoms with Gasteiger partial charge in [-0.2, -0.15) is 0 Å². The van der Waals surface area contributed by atoms with Gasteiger partial charge >= 0.3 is 0 Å². The van der Waals surface area contributed by atoms with Crippen LogP contribution in [0.3, 0.4) is 0 Å². The Morgan fingerprint density at radius 1 is 0.533 bits per heavy atom. The second-order valence-electron chi connectivity index (χ2n) is 3.64. The van der Waals surface area contributed by atoms with E-state index in [0.717, 1.165) is 0 Å². The zero-order chi connectivity index (χ0) is 12.4. The Bertz CT molecular complexity index is 72.0. The van der Waals surface area contributed by atoms with Crippen molar-refractivity contribution in [3.63, 3.8) is 0 Å². The smallest absolute Gasteiger partial charge is 0.0379 e. The zero-order valence-electron chi connectivity index (χ0n) is 12.1. The predicted molar refractivity (Wildman–Crippen MR) is 75.5 cm³/mol. The van der Waals surface area contributed by atoms with Gasteiger partial charge in [-0.1, -0.05) is 85.8 Å². The molecule has 0 heteroatoms. The first kappa shape index (κ1) is 20.2. The summed E-state index contributed by atoms with van der Waals surface area (Å²) in [4.78, 5) is 0. The van der Waals surface area contributed by atoms with Gasteiger partial charge in [0.1, 0.15) is 0 Å². The number of hydrogen-bond donors (Lipinski definition) is 0. The second-order valence-corrected chi connectivity index (χ2v) is 3.64. The molecule has 0 aromatic rings. The summed E-state index contributed by atoms with van der Waals surface area (Å²) in [6.07, 6.45) is 13.4. The molecule has 0 rings (SSSR count). The molecule has 0 atom stereocenters. The molecule has 0 aliphatic rings. The minimum Gasteiger partial charge on any atom is -0.0888 e. The van der Waals surface area contributed by atoms with E-state index in [9.17, 15) is 0 Å². The zero-order valence-corrected chi connectivity index (χ0v) is 12.1. The van der Waals surface area contributed by atoms with E-state index in [0.29, 0.717) is 0 Å². The molecule has 94 valence electrons. The van der Waals surface area contributed by atoms with E-state index >= 15 is 0 Å². The van der Waals surface area contributed by atoms with Crippen molar-refractivity contribution in [3.8, 4) is 0 Å². The molecule has 0 aromatic heterocycles. The third kappa shape index (κ3) is 57.5. The number of unbranched alkanes of at least 4 members (excludes halogenated alkanes) is 3. The van der Waals surface area contributed by atoms with Crippen LogP contribution in [-0.4, -0.2) is 0 Å². The highest BCUT2D eigenvalue weighted by Gasteiger charge is 1.68. The van der Waals surface area contributed by atoms with E-state index in [1.165, 1.54) is 44.9 Å². The van der Waals surface area contributed by atoms with Crippen molar-refractivity contribution in [1.82, 2.24) is 0 Å². The third-order valence-electron chi connectivity index (χ3n) is 1.85. The van der Waals surface area contributed by atoms with Crippen LogP contribution in [-0.2, 0) is 0 Å². The Morgan fingerprint density at radius 2 is 0.867 bits per heavy atom. The molecule has 0 nitrogen and oxygen atoms in total. The summed E-state index contributed by atoms with van der Waals surface area (Å²) in [5.41, 5.74) is 0. The Balaban J connectivity index is -0.000000147. The highest BCUT2D eigenvalue weighted by Crippen LogP contribution is 1.88. The van der Waals surface area contributed by atoms with Crippen molar-refractivity contribution in [2.24, 2.45) is 0 Å². The second kappa shape index (κ2) is 29.2. The van der Waals surface area contributed by atoms with Gasteiger partial charge in [0, 0.05) is 0 Å². The molecule has 0 bridgehead atoms. The molecule has 0 aliphatic carbocycles. The summed E-state index contributed by atoms with van der Waals surface area (Å²) in [6.45, 7) is 13.1. The number of hydrogen-bond acceptors (Lipinski definition) is 0. The van der Waals surface area contributed by atoms with Gasteiger partial charge in [-0.05, 0) is 12.8 Å². The maximum atomic E-state index is 2.21. The molecular formula is C15H34. The van der Waals surface area contributed by atoms with E-state index in [4.69, 9.17) is 0 Å². The van der Waals surface area contributed by atoms with Crippen molar-refractivity contribution in [3.05, 3.63) is 12.2 Å². The molecule has 0 N–H and O–H groups in total. The lowest BCUT2D eigenvalue weighted by atomic mass is 10.3. The van der Waals surface area contributed by atoms with Crippen molar-refractivity contribution in [1.29, 1.82) is 0 Å². The lowest BCUT2D eigenvalue weighted by Crippen LogP contribution is -1.59. The van der Waals surface area contributed by atoms with Gasteiger partial charge in [0.25, 0.3) is 0 Å². The Morgan fingerprint density at radius 3 is 0.933 bits per heavy atom. The van der Waals surface area contributed by atoms with Crippen LogP contribution in [0.15, 0.2) is 12.2 Å². The summed E-state index contributed by atoms with van der Waals surface area (Å²) in [6, 6.07) is 0. The number of rotatable bonds is 5. The molecule has 0 aromatic carbocycles. The van der Waals surface area contributed by atoms with Gasteiger partial charge in [0.05, 0.1) is 0 Å². The van der Waals surface area contributed by atoms with Gasteiger partial charge < -0.3 is 0 Å². The molecule has 15 heavy (non-hydrogen) atoms. The van der Waals surface area contributed by atoms with Gasteiger partial charge in [0.15, 0.2) is 0 Å². The van der Waals surface area contributed by atoms with E-state index in [1.54, 1.807) is 0 Å². The van der Waals surface area contributed by atoms with E-state index < -0.39 is 0 Å². The maximum Gasteiger partial charge on any atom is -0.0379 e. The van der Waals surface area contributed by atoms with Crippen molar-refractivity contribution < 1.29 is 0 Å². The first-order chi connectivity index (χ1) is 7.24. The van der Waals surface area contributed by atoms with Crippen molar-refractivity contribution >= 4 is 0 Å². The van der Waals surface area contributed by atoms with Gasteiger partial charge in [-0.25, -0.2) is 0 Å². The Kier molecular flexibility index (Phi) is 39.3. The van der Waals surface area contributed by atoms with E-state index in [1.807, 2.05) is 0 Å². The third-order valence-corrected chi connectivity index (χ3v) is 1.85. The molecule has 0 fully saturated rings. The summed E-state index contributed by atoms with van der Waals surface area (Å²) in [5.74, 6) is 0. The minimum absolute atomic E-state index is 1.17. The molecule has 0 saturated carbocycles. The summed E-state index contributed by atoms with van der Waals surface area (Å²) in [5, 5.41) is 0. The molecule has 0 heterocycles. The number of allylic oxidation sites excluding steroid dienone is 2. The summed E-state index contributed by atoms with van der Waals surface area (Å²) >= 11 is 0. The predicted octanol–water partition coefficient (Wildman–Crippen LogP) is 6.37. The molecule has 0 spiro atoms. The quantitative estimate of drug-likeness (QED) is 0.467. The average Bonchev–Trinajstić information content (AvgIpc) is 2.28. The standard InChI is InChI=1S/C6H12.C5H12.C4H10/c1-3-5-6-4-2;1-3-5-4-2;1-3-4-2/h5-6H,3-4H2,1-2H3;3-5H2,1-2H3;3-4H2,1-2H3/b6-5-;;. The van der Waals surface area contributed by atoms with Crippen LogP contribution < -0.4 is 0 Å². The van der Waals surface area contributed by atoms with Gasteiger partial charge in [-0.3, -0.25) is 0 Å². The van der Waals surface area contributed by atoms with Crippen LogP contribution in [0.4, 0.5) is 0 Å². The van der Waals surface area contributed by atoms with E-state index in [-0.39, 0.29) is 0 Å². The normalized spacial score (nSPS) is 8.93. The fourth-order valence-electron chi connectivity index (χ4n) is 0.687. The molecule has 0 amide bonds. The highest BCUT2D eigenvalue weighted by atomic mass is 13.7. The van der Waals surface area contributed by atoms with Crippen LogP contribution in [0.1, 0.15) is 86.5 Å². The fraction of sp³-hybridized carbons (Fsp3) is 0.867. The SMILES string of the molecule is CC/C=C\CC.CCCC.CCCCC. The van der Waals surface area contributed by atoms with Gasteiger partial charge in [0.2, 0.25) is 0 Å². The Hall–Kier alpha value is -0.260. The maximum absolute atomic E-state index is 2.21. The summed E-state index contributed by atoms with van der Waals surface area (Å²) < 4.78 is 0. The lowest BCUT2D eigenvalue weighted by Gasteiger charge is -1.79. The molecule has 0 aliphatic heterocycles. The van der Waals surface area contributed by atoms with Gasteiger partial charge in [-0.15, -0.1) is 0 Å². The molecule has 0 saturated heterocycles. The van der Waals surface area contributed by atoms with Crippen molar-refractivity contribution in [2.75, 3.05) is 0 Å². The molecular weight excluding hydrogens is 180 g/mol. The van der Waals surface area contributed by atoms with Crippen LogP contribution in [0, 0.1) is 0 Å².